The molecule has 0 N–H and O–H groups in total. The van der Waals surface area contributed by atoms with Crippen LogP contribution in [-0.4, -0.2) is 6.86 Å². The molecule has 0 radical (unpaired) electrons. The average molecular weight is 237 g/mol. The Kier molecular flexibility index (Phi) is 3.42. The molecule has 0 amide bonds. The molecule has 0 atom stereocenters. The summed E-state index contributed by atoms with van der Waals surface area (Å²) in [4.78, 5) is 0. The first-order chi connectivity index (χ1) is 7.79. The minimum absolute atomic E-state index is 0.514. The molecular formula is C13H10ClFO. The second-order valence-corrected chi connectivity index (χ2v) is 3.73. The number of halogens is 2. The van der Waals surface area contributed by atoms with Crippen LogP contribution in [0.1, 0.15) is 0 Å². The summed E-state index contributed by atoms with van der Waals surface area (Å²) < 4.78 is 16.8. The summed E-state index contributed by atoms with van der Waals surface area (Å²) in [6.45, 7) is -0.820. The molecule has 0 aliphatic rings. The minimum atomic E-state index is -0.820. The quantitative estimate of drug-likeness (QED) is 0.772. The molecule has 0 bridgehead atoms. The average Bonchev–Trinajstić information content (AvgIpc) is 2.30. The first-order valence-corrected chi connectivity index (χ1v) is 5.22. The third-order valence-electron chi connectivity index (χ3n) is 2.21. The van der Waals surface area contributed by atoms with Crippen LogP contribution in [-0.2, 0) is 0 Å². The first-order valence-electron chi connectivity index (χ1n) is 4.84. The van der Waals surface area contributed by atoms with Crippen LogP contribution in [0.3, 0.4) is 0 Å². The molecule has 0 aromatic heterocycles. The highest BCUT2D eigenvalue weighted by molar-refractivity contribution is 6.30. The maximum absolute atomic E-state index is 12.0. The van der Waals surface area contributed by atoms with Crippen molar-refractivity contribution in [1.82, 2.24) is 0 Å². The lowest BCUT2D eigenvalue weighted by atomic mass is 10.1. The van der Waals surface area contributed by atoms with E-state index in [4.69, 9.17) is 16.3 Å². The molecule has 0 aliphatic heterocycles. The van der Waals surface area contributed by atoms with Crippen LogP contribution in [0, 0.1) is 0 Å². The lowest BCUT2D eigenvalue weighted by Gasteiger charge is -2.05. The van der Waals surface area contributed by atoms with Crippen molar-refractivity contribution >= 4 is 11.6 Å². The highest BCUT2D eigenvalue weighted by atomic mass is 35.5. The van der Waals surface area contributed by atoms with Gasteiger partial charge in [0.05, 0.1) is 0 Å². The Morgan fingerprint density at radius 2 is 1.69 bits per heavy atom. The van der Waals surface area contributed by atoms with Crippen LogP contribution in [0.5, 0.6) is 5.75 Å². The Morgan fingerprint density at radius 1 is 1.00 bits per heavy atom. The van der Waals surface area contributed by atoms with Crippen LogP contribution >= 0.6 is 11.6 Å². The lowest BCUT2D eigenvalue weighted by Crippen LogP contribution is -1.89. The molecule has 0 spiro atoms. The molecule has 0 saturated heterocycles. The van der Waals surface area contributed by atoms with Crippen LogP contribution in [0.2, 0.25) is 5.02 Å². The Labute approximate surface area is 98.4 Å². The maximum Gasteiger partial charge on any atom is 0.228 e. The molecule has 0 aliphatic carbocycles. The van der Waals surface area contributed by atoms with E-state index >= 15 is 0 Å². The summed E-state index contributed by atoms with van der Waals surface area (Å²) in [6, 6.07) is 14.7. The van der Waals surface area contributed by atoms with Gasteiger partial charge in [-0.25, -0.2) is 4.39 Å². The van der Waals surface area contributed by atoms with Gasteiger partial charge >= 0.3 is 0 Å². The molecular weight excluding hydrogens is 227 g/mol. The molecule has 2 aromatic carbocycles. The topological polar surface area (TPSA) is 9.23 Å². The summed E-state index contributed by atoms with van der Waals surface area (Å²) in [5, 5.41) is 0.675. The van der Waals surface area contributed by atoms with Crippen LogP contribution in [0.25, 0.3) is 11.1 Å². The van der Waals surface area contributed by atoms with Gasteiger partial charge in [-0.2, -0.15) is 0 Å². The molecule has 0 heterocycles. The molecule has 16 heavy (non-hydrogen) atoms. The summed E-state index contributed by atoms with van der Waals surface area (Å²) in [5.41, 5.74) is 1.94. The zero-order valence-corrected chi connectivity index (χ0v) is 9.25. The van der Waals surface area contributed by atoms with E-state index in [2.05, 4.69) is 0 Å². The zero-order valence-electron chi connectivity index (χ0n) is 8.49. The van der Waals surface area contributed by atoms with Crippen molar-refractivity contribution in [2.24, 2.45) is 0 Å². The molecule has 0 fully saturated rings. The first kappa shape index (κ1) is 11.0. The van der Waals surface area contributed by atoms with Crippen molar-refractivity contribution in [1.29, 1.82) is 0 Å². The van der Waals surface area contributed by atoms with E-state index in [0.29, 0.717) is 10.8 Å². The minimum Gasteiger partial charge on any atom is -0.463 e. The van der Waals surface area contributed by atoms with Crippen molar-refractivity contribution in [2.75, 3.05) is 6.86 Å². The Bertz CT molecular complexity index is 485. The van der Waals surface area contributed by atoms with Gasteiger partial charge in [0.15, 0.2) is 0 Å². The van der Waals surface area contributed by atoms with Crippen LogP contribution < -0.4 is 4.74 Å². The van der Waals surface area contributed by atoms with Gasteiger partial charge in [0.25, 0.3) is 0 Å². The maximum atomic E-state index is 12.0. The van der Waals surface area contributed by atoms with E-state index in [1.807, 2.05) is 36.4 Å². The number of ether oxygens (including phenoxy) is 1. The summed E-state index contributed by atoms with van der Waals surface area (Å²) in [5.74, 6) is 0.514. The van der Waals surface area contributed by atoms with Gasteiger partial charge in [0.1, 0.15) is 5.75 Å². The normalized spacial score (nSPS) is 10.1. The number of benzene rings is 2. The van der Waals surface area contributed by atoms with E-state index in [1.54, 1.807) is 12.1 Å². The van der Waals surface area contributed by atoms with Gasteiger partial charge in [0, 0.05) is 5.02 Å². The molecule has 0 saturated carbocycles. The molecule has 0 unspecified atom stereocenters. The highest BCUT2D eigenvalue weighted by Crippen LogP contribution is 2.25. The Morgan fingerprint density at radius 3 is 2.38 bits per heavy atom. The summed E-state index contributed by atoms with van der Waals surface area (Å²) in [7, 11) is 0. The predicted molar refractivity (Wildman–Crippen MR) is 63.5 cm³/mol. The molecule has 2 aromatic rings. The SMILES string of the molecule is FCOc1cccc(-c2cccc(Cl)c2)c1. The fraction of sp³-hybridized carbons (Fsp3) is 0.0769. The number of rotatable bonds is 3. The van der Waals surface area contributed by atoms with E-state index < -0.39 is 6.86 Å². The van der Waals surface area contributed by atoms with Crippen LogP contribution in [0.15, 0.2) is 48.5 Å². The van der Waals surface area contributed by atoms with Gasteiger partial charge < -0.3 is 4.74 Å². The number of hydrogen-bond donors (Lipinski definition) is 0. The standard InChI is InChI=1S/C13H10ClFO/c14-12-5-1-3-10(7-12)11-4-2-6-13(8-11)16-9-15/h1-8H,9H2. The second-order valence-electron chi connectivity index (χ2n) is 3.29. The van der Waals surface area contributed by atoms with Crippen LogP contribution in [0.4, 0.5) is 4.39 Å². The molecule has 3 heteroatoms. The van der Waals surface area contributed by atoms with E-state index in [1.165, 1.54) is 0 Å². The van der Waals surface area contributed by atoms with Crippen molar-refractivity contribution in [3.8, 4) is 16.9 Å². The summed E-state index contributed by atoms with van der Waals surface area (Å²) >= 11 is 5.90. The van der Waals surface area contributed by atoms with Crippen molar-refractivity contribution in [2.45, 2.75) is 0 Å². The fourth-order valence-corrected chi connectivity index (χ4v) is 1.69. The molecule has 82 valence electrons. The third kappa shape index (κ3) is 2.52. The third-order valence-corrected chi connectivity index (χ3v) is 2.45. The Hall–Kier alpha value is -1.54. The van der Waals surface area contributed by atoms with Crippen molar-refractivity contribution in [3.05, 3.63) is 53.6 Å². The van der Waals surface area contributed by atoms with Gasteiger partial charge in [-0.1, -0.05) is 35.9 Å². The van der Waals surface area contributed by atoms with Gasteiger partial charge in [-0.3, -0.25) is 0 Å². The zero-order chi connectivity index (χ0) is 11.4. The largest absolute Gasteiger partial charge is 0.463 e. The van der Waals surface area contributed by atoms with Gasteiger partial charge in [-0.05, 0) is 35.4 Å². The van der Waals surface area contributed by atoms with E-state index in [-0.39, 0.29) is 0 Å². The fourth-order valence-electron chi connectivity index (χ4n) is 1.50. The Balaban J connectivity index is 2.36. The molecule has 1 nitrogen and oxygen atoms in total. The monoisotopic (exact) mass is 236 g/mol. The van der Waals surface area contributed by atoms with Gasteiger partial charge in [-0.15, -0.1) is 0 Å². The van der Waals surface area contributed by atoms with E-state index in [9.17, 15) is 4.39 Å². The van der Waals surface area contributed by atoms with Gasteiger partial charge in [0.2, 0.25) is 6.86 Å². The smallest absolute Gasteiger partial charge is 0.228 e. The number of alkyl halides is 1. The highest BCUT2D eigenvalue weighted by Gasteiger charge is 2.00. The summed E-state index contributed by atoms with van der Waals surface area (Å²) in [6.07, 6.45) is 0. The lowest BCUT2D eigenvalue weighted by molar-refractivity contribution is 0.192. The van der Waals surface area contributed by atoms with E-state index in [0.717, 1.165) is 11.1 Å². The second kappa shape index (κ2) is 4.99. The molecule has 2 rings (SSSR count). The van der Waals surface area contributed by atoms with Crippen molar-refractivity contribution in [3.63, 3.8) is 0 Å². The predicted octanol–water partition coefficient (Wildman–Crippen LogP) is 4.31. The number of hydrogen-bond acceptors (Lipinski definition) is 1. The van der Waals surface area contributed by atoms with Crippen molar-refractivity contribution < 1.29 is 9.13 Å².